The van der Waals surface area contributed by atoms with E-state index in [2.05, 4.69) is 51.3 Å². The highest BCUT2D eigenvalue weighted by Crippen LogP contribution is 2.37. The summed E-state index contributed by atoms with van der Waals surface area (Å²) >= 11 is 0. The molecule has 0 spiro atoms. The second-order valence-corrected chi connectivity index (χ2v) is 16.1. The lowest BCUT2D eigenvalue weighted by Gasteiger charge is -2.41. The summed E-state index contributed by atoms with van der Waals surface area (Å²) < 4.78 is 25.7. The molecular formula is C28H39FN2O3Si. The van der Waals surface area contributed by atoms with Gasteiger partial charge in [-0.15, -0.1) is 0 Å². The largest absolute Gasteiger partial charge is 0.446 e. The number of nitrogens with zero attached hydrogens (tertiary/aromatic N) is 1. The normalized spacial score (nSPS) is 22.3. The molecule has 1 saturated carbocycles. The van der Waals surface area contributed by atoms with E-state index in [9.17, 15) is 9.18 Å². The molecule has 7 heteroatoms. The maximum Gasteiger partial charge on any atom is 0.410 e. The van der Waals surface area contributed by atoms with Crippen LogP contribution in [-0.2, 0) is 15.6 Å². The van der Waals surface area contributed by atoms with Crippen LogP contribution in [0.1, 0.15) is 56.3 Å². The van der Waals surface area contributed by atoms with Crippen molar-refractivity contribution in [1.29, 1.82) is 0 Å². The van der Waals surface area contributed by atoms with E-state index in [-0.39, 0.29) is 29.1 Å². The van der Waals surface area contributed by atoms with Crippen LogP contribution in [0.2, 0.25) is 18.1 Å². The van der Waals surface area contributed by atoms with Crippen LogP contribution in [0.5, 0.6) is 0 Å². The first-order valence-corrected chi connectivity index (χ1v) is 15.6. The molecule has 2 aliphatic rings. The van der Waals surface area contributed by atoms with E-state index in [4.69, 9.17) is 9.16 Å². The molecule has 0 radical (unpaired) electrons. The van der Waals surface area contributed by atoms with Gasteiger partial charge in [0.25, 0.3) is 0 Å². The third-order valence-electron chi connectivity index (χ3n) is 7.87. The molecule has 35 heavy (non-hydrogen) atoms. The summed E-state index contributed by atoms with van der Waals surface area (Å²) in [6.45, 7) is 13.4. The highest BCUT2D eigenvalue weighted by atomic mass is 28.4. The number of benzene rings is 2. The van der Waals surface area contributed by atoms with Gasteiger partial charge in [0.15, 0.2) is 8.32 Å². The van der Waals surface area contributed by atoms with Crippen LogP contribution in [0.25, 0.3) is 0 Å². The molecule has 4 rings (SSSR count). The molecule has 0 unspecified atom stereocenters. The van der Waals surface area contributed by atoms with Gasteiger partial charge in [0, 0.05) is 25.7 Å². The number of amides is 1. The highest BCUT2D eigenvalue weighted by Gasteiger charge is 2.39. The van der Waals surface area contributed by atoms with Crippen molar-refractivity contribution in [2.75, 3.05) is 19.7 Å². The Kier molecular flexibility index (Phi) is 7.69. The molecule has 1 amide bonds. The molecule has 1 aliphatic heterocycles. The van der Waals surface area contributed by atoms with E-state index in [0.29, 0.717) is 19.2 Å². The number of carbonyl (C=O) groups excluding carboxylic acids is 1. The van der Waals surface area contributed by atoms with Crippen molar-refractivity contribution in [3.8, 4) is 0 Å². The van der Waals surface area contributed by atoms with E-state index >= 15 is 0 Å². The minimum atomic E-state index is -1.72. The van der Waals surface area contributed by atoms with E-state index in [1.54, 1.807) is 17.0 Å². The van der Waals surface area contributed by atoms with Crippen molar-refractivity contribution in [2.45, 2.75) is 76.4 Å². The molecule has 0 saturated heterocycles. The zero-order valence-corrected chi connectivity index (χ0v) is 22.6. The Morgan fingerprint density at radius 1 is 1.11 bits per heavy atom. The molecule has 0 bridgehead atoms. The van der Waals surface area contributed by atoms with Crippen LogP contribution >= 0.6 is 0 Å². The first-order chi connectivity index (χ1) is 16.5. The minimum Gasteiger partial charge on any atom is -0.446 e. The molecule has 1 aliphatic carbocycles. The quantitative estimate of drug-likeness (QED) is 0.373. The van der Waals surface area contributed by atoms with Crippen molar-refractivity contribution in [3.05, 3.63) is 71.0 Å². The first kappa shape index (κ1) is 25.9. The van der Waals surface area contributed by atoms with Gasteiger partial charge >= 0.3 is 6.09 Å². The number of hydrogen-bond donors (Lipinski definition) is 1. The predicted molar refractivity (Wildman–Crippen MR) is 140 cm³/mol. The lowest BCUT2D eigenvalue weighted by atomic mass is 9.88. The fraction of sp³-hybridized carbons (Fsp3) is 0.536. The SMILES string of the molecule is CC(C)(C)[Si](C)(C)OCCN[C@H]1C[C@@H](OC(=O)N2CCc3ccccc3[C@@H]2c2ccc(F)cc2)C1. The molecule has 1 N–H and O–H groups in total. The van der Waals surface area contributed by atoms with Gasteiger partial charge in [-0.2, -0.15) is 0 Å². The van der Waals surface area contributed by atoms with Gasteiger partial charge in [-0.1, -0.05) is 57.2 Å². The van der Waals surface area contributed by atoms with Crippen molar-refractivity contribution in [3.63, 3.8) is 0 Å². The van der Waals surface area contributed by atoms with Gasteiger partial charge in [-0.25, -0.2) is 9.18 Å². The fourth-order valence-electron chi connectivity index (χ4n) is 4.59. The standard InChI is InChI=1S/C28H39FN2O3Si/c1-28(2,3)35(4,5)33-17-15-30-23-18-24(19-23)34-27(32)31-16-14-20-8-6-7-9-25(20)26(31)21-10-12-22(29)13-11-21/h6-13,23-24,26,30H,14-19H2,1-5H3/t23-,24+,26-/m0/s1. The third-order valence-corrected chi connectivity index (χ3v) is 12.4. The number of fused-ring (bicyclic) bond motifs is 1. The summed E-state index contributed by atoms with van der Waals surface area (Å²) in [5.74, 6) is -0.283. The van der Waals surface area contributed by atoms with Gasteiger partial charge in [0.2, 0.25) is 0 Å². The number of hydrogen-bond acceptors (Lipinski definition) is 4. The van der Waals surface area contributed by atoms with Crippen LogP contribution in [0.3, 0.4) is 0 Å². The first-order valence-electron chi connectivity index (χ1n) is 12.7. The van der Waals surface area contributed by atoms with Gasteiger partial charge < -0.3 is 14.5 Å². The Balaban J connectivity index is 1.30. The second kappa shape index (κ2) is 10.4. The molecule has 0 aromatic heterocycles. The van der Waals surface area contributed by atoms with Gasteiger partial charge in [0.05, 0.1) is 6.04 Å². The van der Waals surface area contributed by atoms with Crippen LogP contribution in [-0.4, -0.2) is 51.2 Å². The Labute approximate surface area is 210 Å². The molecule has 1 fully saturated rings. The van der Waals surface area contributed by atoms with E-state index in [1.807, 2.05) is 12.1 Å². The van der Waals surface area contributed by atoms with Crippen molar-refractivity contribution >= 4 is 14.4 Å². The monoisotopic (exact) mass is 498 g/mol. The van der Waals surface area contributed by atoms with Crippen molar-refractivity contribution in [2.24, 2.45) is 0 Å². The van der Waals surface area contributed by atoms with Crippen molar-refractivity contribution < 1.29 is 18.3 Å². The molecule has 1 heterocycles. The number of ether oxygens (including phenoxy) is 1. The third kappa shape index (κ3) is 5.96. The average Bonchev–Trinajstić information content (AvgIpc) is 2.78. The zero-order valence-electron chi connectivity index (χ0n) is 21.6. The van der Waals surface area contributed by atoms with Crippen molar-refractivity contribution in [1.82, 2.24) is 10.2 Å². The number of carbonyl (C=O) groups is 1. The molecule has 1 atom stereocenters. The highest BCUT2D eigenvalue weighted by molar-refractivity contribution is 6.74. The smallest absolute Gasteiger partial charge is 0.410 e. The summed E-state index contributed by atoms with van der Waals surface area (Å²) in [6, 6.07) is 14.7. The molecule has 2 aromatic carbocycles. The lowest BCUT2D eigenvalue weighted by molar-refractivity contribution is 0.00455. The summed E-state index contributed by atoms with van der Waals surface area (Å²) in [5.41, 5.74) is 3.20. The van der Waals surface area contributed by atoms with Gasteiger partial charge in [-0.3, -0.25) is 4.90 Å². The average molecular weight is 499 g/mol. The molecular weight excluding hydrogens is 459 g/mol. The predicted octanol–water partition coefficient (Wildman–Crippen LogP) is 6.05. The van der Waals surface area contributed by atoms with Crippen LogP contribution < -0.4 is 5.32 Å². The van der Waals surface area contributed by atoms with E-state index in [1.165, 1.54) is 17.7 Å². The van der Waals surface area contributed by atoms with Gasteiger partial charge in [-0.05, 0) is 66.2 Å². The number of nitrogens with one attached hydrogen (secondary N) is 1. The summed E-state index contributed by atoms with van der Waals surface area (Å²) in [7, 11) is -1.72. The Morgan fingerprint density at radius 2 is 1.80 bits per heavy atom. The lowest BCUT2D eigenvalue weighted by Crippen LogP contribution is -2.50. The Bertz CT molecular complexity index is 1020. The summed E-state index contributed by atoms with van der Waals surface area (Å²) in [5, 5.41) is 3.75. The maximum absolute atomic E-state index is 13.6. The fourth-order valence-corrected chi connectivity index (χ4v) is 5.64. The van der Waals surface area contributed by atoms with E-state index < -0.39 is 8.32 Å². The number of rotatable bonds is 7. The van der Waals surface area contributed by atoms with E-state index in [0.717, 1.165) is 36.9 Å². The van der Waals surface area contributed by atoms with Gasteiger partial charge in [0.1, 0.15) is 11.9 Å². The topological polar surface area (TPSA) is 50.8 Å². The Hall–Kier alpha value is -2.22. The second-order valence-electron chi connectivity index (χ2n) is 11.3. The van der Waals surface area contributed by atoms with Crippen LogP contribution in [0, 0.1) is 5.82 Å². The minimum absolute atomic E-state index is 0.0765. The number of halogens is 1. The van der Waals surface area contributed by atoms with Crippen LogP contribution in [0.4, 0.5) is 9.18 Å². The zero-order chi connectivity index (χ0) is 25.2. The molecule has 2 aromatic rings. The van der Waals surface area contributed by atoms with Crippen LogP contribution in [0.15, 0.2) is 48.5 Å². The Morgan fingerprint density at radius 3 is 2.49 bits per heavy atom. The molecule has 5 nitrogen and oxygen atoms in total. The summed E-state index contributed by atoms with van der Waals surface area (Å²) in [6.07, 6.45) is 2.05. The molecule has 190 valence electrons. The summed E-state index contributed by atoms with van der Waals surface area (Å²) in [4.78, 5) is 15.0. The maximum atomic E-state index is 13.6.